The summed E-state index contributed by atoms with van der Waals surface area (Å²) in [6, 6.07) is 3.60. The summed E-state index contributed by atoms with van der Waals surface area (Å²) in [7, 11) is 0. The Morgan fingerprint density at radius 1 is 1.50 bits per heavy atom. The third-order valence-corrected chi connectivity index (χ3v) is 1.55. The highest BCUT2D eigenvalue weighted by Crippen LogP contribution is 2.22. The number of aromatic nitrogens is 1. The molecule has 1 amide bonds. The molecule has 2 rings (SSSR count). The van der Waals surface area contributed by atoms with Crippen LogP contribution in [0.1, 0.15) is 6.42 Å². The molecular weight excluding hydrogens is 154 g/mol. The number of rotatable bonds is 0. The van der Waals surface area contributed by atoms with Gasteiger partial charge in [-0.1, -0.05) is 0 Å². The van der Waals surface area contributed by atoms with Crippen LogP contribution in [0.15, 0.2) is 23.3 Å². The number of fused-ring (bicyclic) bond motifs is 1. The van der Waals surface area contributed by atoms with Crippen molar-refractivity contribution in [2.75, 3.05) is 5.32 Å². The number of aliphatic imine (C=N–C) groups is 1. The van der Waals surface area contributed by atoms with Gasteiger partial charge in [-0.15, -0.1) is 0 Å². The van der Waals surface area contributed by atoms with Crippen molar-refractivity contribution in [3.63, 3.8) is 0 Å². The van der Waals surface area contributed by atoms with Gasteiger partial charge < -0.3 is 5.32 Å². The van der Waals surface area contributed by atoms with E-state index < -0.39 is 0 Å². The van der Waals surface area contributed by atoms with E-state index in [4.69, 9.17) is 0 Å². The zero-order chi connectivity index (χ0) is 8.39. The van der Waals surface area contributed by atoms with Crippen molar-refractivity contribution in [3.8, 4) is 0 Å². The Labute approximate surface area is 69.3 Å². The molecule has 0 saturated heterocycles. The first-order chi connectivity index (χ1) is 5.86. The van der Waals surface area contributed by atoms with Crippen LogP contribution < -0.4 is 5.32 Å². The van der Waals surface area contributed by atoms with E-state index in [-0.39, 0.29) is 5.91 Å². The van der Waals surface area contributed by atoms with Gasteiger partial charge in [-0.3, -0.25) is 9.79 Å². The fraction of sp³-hybridized carbons (Fsp3) is 0.125. The highest BCUT2D eigenvalue weighted by molar-refractivity contribution is 6.02. The molecule has 0 fully saturated rings. The van der Waals surface area contributed by atoms with Gasteiger partial charge in [0.15, 0.2) is 5.82 Å². The molecule has 0 bridgehead atoms. The van der Waals surface area contributed by atoms with Crippen LogP contribution in [0.2, 0.25) is 0 Å². The molecule has 1 aliphatic heterocycles. The van der Waals surface area contributed by atoms with Crippen LogP contribution in [0.5, 0.6) is 0 Å². The SMILES string of the molecule is O=C1CC=Nc2cccnc2N1. The summed E-state index contributed by atoms with van der Waals surface area (Å²) in [6.45, 7) is 0. The normalized spacial score (nSPS) is 14.8. The summed E-state index contributed by atoms with van der Waals surface area (Å²) < 4.78 is 0. The summed E-state index contributed by atoms with van der Waals surface area (Å²) >= 11 is 0. The number of pyridine rings is 1. The zero-order valence-electron chi connectivity index (χ0n) is 6.32. The van der Waals surface area contributed by atoms with Gasteiger partial charge in [0.25, 0.3) is 0 Å². The molecule has 60 valence electrons. The first kappa shape index (κ1) is 6.97. The number of carbonyl (C=O) groups excluding carboxylic acids is 1. The Kier molecular flexibility index (Phi) is 1.59. The molecule has 0 spiro atoms. The van der Waals surface area contributed by atoms with Crippen LogP contribution in [-0.2, 0) is 4.79 Å². The van der Waals surface area contributed by atoms with E-state index in [0.29, 0.717) is 17.9 Å². The molecule has 4 heteroatoms. The lowest BCUT2D eigenvalue weighted by atomic mass is 10.4. The topological polar surface area (TPSA) is 54.4 Å². The third kappa shape index (κ3) is 1.18. The molecule has 4 nitrogen and oxygen atoms in total. The molecule has 0 aliphatic carbocycles. The van der Waals surface area contributed by atoms with Gasteiger partial charge in [-0.2, -0.15) is 0 Å². The Morgan fingerprint density at radius 3 is 3.33 bits per heavy atom. The molecule has 1 aromatic rings. The predicted molar refractivity (Wildman–Crippen MR) is 45.6 cm³/mol. The lowest BCUT2D eigenvalue weighted by Gasteiger charge is -2.00. The number of hydrogen-bond donors (Lipinski definition) is 1. The molecule has 2 heterocycles. The van der Waals surface area contributed by atoms with Crippen LogP contribution >= 0.6 is 0 Å². The van der Waals surface area contributed by atoms with Crippen molar-refractivity contribution in [1.29, 1.82) is 0 Å². The van der Waals surface area contributed by atoms with Gasteiger partial charge in [-0.05, 0) is 12.1 Å². The van der Waals surface area contributed by atoms with Crippen molar-refractivity contribution < 1.29 is 4.79 Å². The molecule has 0 radical (unpaired) electrons. The number of carbonyl (C=O) groups is 1. The van der Waals surface area contributed by atoms with Crippen molar-refractivity contribution in [2.24, 2.45) is 4.99 Å². The van der Waals surface area contributed by atoms with Crippen LogP contribution in [0.4, 0.5) is 11.5 Å². The van der Waals surface area contributed by atoms with E-state index in [1.165, 1.54) is 0 Å². The monoisotopic (exact) mass is 161 g/mol. The second-order valence-electron chi connectivity index (χ2n) is 2.44. The number of nitrogens with one attached hydrogen (secondary N) is 1. The Balaban J connectivity index is 2.48. The van der Waals surface area contributed by atoms with Crippen LogP contribution in [0.3, 0.4) is 0 Å². The summed E-state index contributed by atoms with van der Waals surface area (Å²) in [4.78, 5) is 19.1. The number of anilines is 1. The minimum atomic E-state index is -0.0730. The molecule has 1 aliphatic rings. The average molecular weight is 161 g/mol. The fourth-order valence-corrected chi connectivity index (χ4v) is 1.01. The fourth-order valence-electron chi connectivity index (χ4n) is 1.01. The predicted octanol–water partition coefficient (Wildman–Crippen LogP) is 1.13. The first-order valence-corrected chi connectivity index (χ1v) is 3.63. The van der Waals surface area contributed by atoms with Gasteiger partial charge in [0.05, 0.1) is 6.42 Å². The molecule has 12 heavy (non-hydrogen) atoms. The maximum atomic E-state index is 11.0. The molecule has 0 saturated carbocycles. The largest absolute Gasteiger partial charge is 0.309 e. The molecule has 0 unspecified atom stereocenters. The van der Waals surface area contributed by atoms with E-state index >= 15 is 0 Å². The highest BCUT2D eigenvalue weighted by Gasteiger charge is 2.08. The highest BCUT2D eigenvalue weighted by atomic mass is 16.1. The van der Waals surface area contributed by atoms with Gasteiger partial charge >= 0.3 is 0 Å². The molecular formula is C8H7N3O. The minimum absolute atomic E-state index is 0.0730. The van der Waals surface area contributed by atoms with Gasteiger partial charge in [0.2, 0.25) is 5.91 Å². The number of hydrogen-bond acceptors (Lipinski definition) is 3. The summed E-state index contributed by atoms with van der Waals surface area (Å²) in [5.74, 6) is 0.465. The maximum absolute atomic E-state index is 11.0. The van der Waals surface area contributed by atoms with E-state index in [1.54, 1.807) is 18.5 Å². The van der Waals surface area contributed by atoms with E-state index in [0.717, 1.165) is 0 Å². The van der Waals surface area contributed by atoms with Crippen molar-refractivity contribution in [3.05, 3.63) is 18.3 Å². The lowest BCUT2D eigenvalue weighted by Crippen LogP contribution is -2.10. The number of amides is 1. The molecule has 1 aromatic heterocycles. The van der Waals surface area contributed by atoms with Gasteiger partial charge in [0.1, 0.15) is 5.69 Å². The Hall–Kier alpha value is -1.71. The second-order valence-corrected chi connectivity index (χ2v) is 2.44. The quantitative estimate of drug-likeness (QED) is 0.620. The Bertz CT molecular complexity index is 346. The van der Waals surface area contributed by atoms with Crippen molar-refractivity contribution >= 4 is 23.6 Å². The smallest absolute Gasteiger partial charge is 0.230 e. The number of nitrogens with zero attached hydrogens (tertiary/aromatic N) is 2. The molecule has 0 aromatic carbocycles. The van der Waals surface area contributed by atoms with Crippen molar-refractivity contribution in [1.82, 2.24) is 4.98 Å². The van der Waals surface area contributed by atoms with Crippen LogP contribution in [0, 0.1) is 0 Å². The first-order valence-electron chi connectivity index (χ1n) is 3.63. The van der Waals surface area contributed by atoms with Gasteiger partial charge in [0, 0.05) is 12.4 Å². The van der Waals surface area contributed by atoms with E-state index in [2.05, 4.69) is 15.3 Å². The summed E-state index contributed by atoms with van der Waals surface area (Å²) in [5, 5.41) is 2.65. The standard InChI is InChI=1S/C8H7N3O/c12-7-3-5-9-6-2-1-4-10-8(6)11-7/h1-2,4-5H,3H2,(H,10,11,12). The maximum Gasteiger partial charge on any atom is 0.230 e. The summed E-state index contributed by atoms with van der Waals surface area (Å²) in [5.41, 5.74) is 0.711. The average Bonchev–Trinajstić information content (AvgIpc) is 2.25. The van der Waals surface area contributed by atoms with E-state index in [9.17, 15) is 4.79 Å². The summed E-state index contributed by atoms with van der Waals surface area (Å²) in [6.07, 6.45) is 3.53. The zero-order valence-corrected chi connectivity index (χ0v) is 6.32. The third-order valence-electron chi connectivity index (χ3n) is 1.55. The molecule has 1 N–H and O–H groups in total. The van der Waals surface area contributed by atoms with E-state index in [1.807, 2.05) is 6.07 Å². The minimum Gasteiger partial charge on any atom is -0.309 e. The second kappa shape index (κ2) is 2.73. The van der Waals surface area contributed by atoms with Crippen LogP contribution in [-0.4, -0.2) is 17.1 Å². The van der Waals surface area contributed by atoms with Gasteiger partial charge in [-0.25, -0.2) is 4.98 Å². The molecule has 0 atom stereocenters. The van der Waals surface area contributed by atoms with Crippen LogP contribution in [0.25, 0.3) is 0 Å². The lowest BCUT2D eigenvalue weighted by molar-refractivity contribution is -0.115. The van der Waals surface area contributed by atoms with Crippen molar-refractivity contribution in [2.45, 2.75) is 6.42 Å². The Morgan fingerprint density at radius 2 is 2.42 bits per heavy atom.